The van der Waals surface area contributed by atoms with Crippen LogP contribution in [0.3, 0.4) is 0 Å². The van der Waals surface area contributed by atoms with E-state index in [1.165, 1.54) is 19.3 Å². The van der Waals surface area contributed by atoms with Gasteiger partial charge in [-0.2, -0.15) is 5.10 Å². The monoisotopic (exact) mass is 462 g/mol. The van der Waals surface area contributed by atoms with E-state index in [-0.39, 0.29) is 36.4 Å². The van der Waals surface area contributed by atoms with Crippen molar-refractivity contribution in [2.75, 3.05) is 20.6 Å². The van der Waals surface area contributed by atoms with Crippen LogP contribution in [0.4, 0.5) is 0 Å². The van der Waals surface area contributed by atoms with E-state index in [2.05, 4.69) is 27.6 Å². The highest BCUT2D eigenvalue weighted by Gasteiger charge is 2.22. The number of amides is 1. The summed E-state index contributed by atoms with van der Waals surface area (Å²) in [6.07, 6.45) is 6.83. The molecule has 0 aliphatic heterocycles. The quantitative estimate of drug-likeness (QED) is 0.397. The molecule has 2 unspecified atom stereocenters. The van der Waals surface area contributed by atoms with E-state index in [9.17, 15) is 4.79 Å². The minimum absolute atomic E-state index is 0. The summed E-state index contributed by atoms with van der Waals surface area (Å²) in [6, 6.07) is 2.36. The first-order valence-electron chi connectivity index (χ1n) is 8.69. The summed E-state index contributed by atoms with van der Waals surface area (Å²) < 4.78 is 1.77. The lowest BCUT2D eigenvalue weighted by atomic mass is 9.86. The molecule has 1 aliphatic rings. The molecule has 0 saturated heterocycles. The predicted molar refractivity (Wildman–Crippen MR) is 111 cm³/mol. The number of hydrogen-bond acceptors (Lipinski definition) is 3. The van der Waals surface area contributed by atoms with Crippen molar-refractivity contribution < 1.29 is 4.79 Å². The fourth-order valence-corrected chi connectivity index (χ4v) is 2.88. The second-order valence-electron chi connectivity index (χ2n) is 6.80. The molecule has 1 heterocycles. The highest BCUT2D eigenvalue weighted by molar-refractivity contribution is 14.0. The normalized spacial score (nSPS) is 20.6. The number of carbonyl (C=O) groups excluding carboxylic acids is 1. The van der Waals surface area contributed by atoms with E-state index >= 15 is 0 Å². The van der Waals surface area contributed by atoms with Gasteiger partial charge in [0.25, 0.3) is 0 Å². The summed E-state index contributed by atoms with van der Waals surface area (Å²) in [5.41, 5.74) is 0.911. The Balaban J connectivity index is 0.00000312. The number of rotatable bonds is 5. The number of aliphatic imine (C=N–C) groups is 1. The molecule has 1 aromatic rings. The van der Waals surface area contributed by atoms with E-state index in [0.717, 1.165) is 12.1 Å². The third-order valence-corrected chi connectivity index (χ3v) is 4.51. The highest BCUT2D eigenvalue weighted by Crippen LogP contribution is 2.23. The minimum atomic E-state index is 0. The van der Waals surface area contributed by atoms with Gasteiger partial charge in [0.15, 0.2) is 5.96 Å². The lowest BCUT2D eigenvalue weighted by molar-refractivity contribution is -0.127. The van der Waals surface area contributed by atoms with E-state index in [0.29, 0.717) is 24.5 Å². The van der Waals surface area contributed by atoms with Crippen LogP contribution in [0.15, 0.2) is 17.3 Å². The smallest absolute Gasteiger partial charge is 0.241 e. The van der Waals surface area contributed by atoms with Crippen LogP contribution >= 0.6 is 24.0 Å². The fraction of sp³-hybridized carbons (Fsp3) is 0.706. The average Bonchev–Trinajstić information content (AvgIpc) is 2.97. The third-order valence-electron chi connectivity index (χ3n) is 4.51. The number of likely N-dealkylation sites (N-methyl/N-ethyl adjacent to an activating group) is 1. The van der Waals surface area contributed by atoms with E-state index in [1.54, 1.807) is 23.7 Å². The molecular weight excluding hydrogens is 431 g/mol. The van der Waals surface area contributed by atoms with Gasteiger partial charge in [0.05, 0.1) is 18.8 Å². The van der Waals surface area contributed by atoms with Crippen LogP contribution < -0.4 is 10.6 Å². The van der Waals surface area contributed by atoms with Crippen molar-refractivity contribution in [3.63, 3.8) is 0 Å². The molecule has 1 aromatic heterocycles. The summed E-state index contributed by atoms with van der Waals surface area (Å²) in [5, 5.41) is 11.0. The number of guanidine groups is 1. The summed E-state index contributed by atoms with van der Waals surface area (Å²) in [6.45, 7) is 3.01. The Kier molecular flexibility index (Phi) is 9.23. The largest absolute Gasteiger partial charge is 0.353 e. The van der Waals surface area contributed by atoms with Gasteiger partial charge in [-0.1, -0.05) is 19.8 Å². The van der Waals surface area contributed by atoms with Crippen molar-refractivity contribution in [2.45, 2.75) is 45.2 Å². The number of nitrogens with one attached hydrogen (secondary N) is 2. The molecule has 1 fully saturated rings. The number of hydrogen-bond donors (Lipinski definition) is 2. The lowest BCUT2D eigenvalue weighted by Gasteiger charge is -2.31. The summed E-state index contributed by atoms with van der Waals surface area (Å²) in [4.78, 5) is 18.0. The molecular formula is C17H31IN6O. The molecule has 1 saturated carbocycles. The van der Waals surface area contributed by atoms with Crippen LogP contribution in [0.25, 0.3) is 0 Å². The highest BCUT2D eigenvalue weighted by atomic mass is 127. The van der Waals surface area contributed by atoms with Gasteiger partial charge < -0.3 is 15.5 Å². The second-order valence-corrected chi connectivity index (χ2v) is 6.80. The molecule has 0 aromatic carbocycles. The second kappa shape index (κ2) is 10.6. The first kappa shape index (κ1) is 21.7. The maximum Gasteiger partial charge on any atom is 0.241 e. The van der Waals surface area contributed by atoms with E-state index < -0.39 is 0 Å². The molecule has 0 spiro atoms. The maximum absolute atomic E-state index is 11.8. The standard InChI is InChI=1S/C17H30N6O.HI/c1-13-7-5-6-8-15(13)20-17(19-12-16(24)22(2)3)18-11-14-9-10-23(4)21-14;/h9-10,13,15H,5-8,11-12H2,1-4H3,(H2,18,19,20);1H. The number of nitrogens with zero attached hydrogens (tertiary/aromatic N) is 4. The Morgan fingerprint density at radius 1 is 1.40 bits per heavy atom. The van der Waals surface area contributed by atoms with E-state index in [1.807, 2.05) is 19.3 Å². The average molecular weight is 462 g/mol. The molecule has 142 valence electrons. The fourth-order valence-electron chi connectivity index (χ4n) is 2.88. The van der Waals surface area contributed by atoms with Crippen LogP contribution in [0.5, 0.6) is 0 Å². The van der Waals surface area contributed by atoms with Crippen molar-refractivity contribution in [1.82, 2.24) is 25.3 Å². The van der Waals surface area contributed by atoms with Gasteiger partial charge >= 0.3 is 0 Å². The summed E-state index contributed by atoms with van der Waals surface area (Å²) >= 11 is 0. The number of aromatic nitrogens is 2. The van der Waals surface area contributed by atoms with Crippen LogP contribution in [0, 0.1) is 5.92 Å². The Labute approximate surface area is 167 Å². The van der Waals surface area contributed by atoms with Crippen LogP contribution in [0.1, 0.15) is 38.3 Å². The SMILES string of the molecule is CC1CCCCC1NC(=NCc1ccn(C)n1)NCC(=O)N(C)C.I. The Hall–Kier alpha value is -1.32. The van der Waals surface area contributed by atoms with Gasteiger partial charge in [-0.15, -0.1) is 24.0 Å². The molecule has 7 nitrogen and oxygen atoms in total. The number of halogens is 1. The van der Waals surface area contributed by atoms with Gasteiger partial charge in [0.2, 0.25) is 5.91 Å². The molecule has 0 bridgehead atoms. The van der Waals surface area contributed by atoms with Gasteiger partial charge in [-0.05, 0) is 24.8 Å². The molecule has 1 aliphatic carbocycles. The molecule has 0 radical (unpaired) electrons. The minimum Gasteiger partial charge on any atom is -0.353 e. The zero-order chi connectivity index (χ0) is 17.5. The molecule has 25 heavy (non-hydrogen) atoms. The molecule has 2 rings (SSSR count). The van der Waals surface area contributed by atoms with Crippen LogP contribution in [0.2, 0.25) is 0 Å². The first-order valence-corrected chi connectivity index (χ1v) is 8.69. The zero-order valence-electron chi connectivity index (χ0n) is 15.7. The summed E-state index contributed by atoms with van der Waals surface area (Å²) in [5.74, 6) is 1.33. The van der Waals surface area contributed by atoms with Gasteiger partial charge in [0.1, 0.15) is 0 Å². The van der Waals surface area contributed by atoms with Gasteiger partial charge in [0, 0.05) is 33.4 Å². The number of carbonyl (C=O) groups is 1. The zero-order valence-corrected chi connectivity index (χ0v) is 18.0. The third kappa shape index (κ3) is 7.21. The molecule has 2 N–H and O–H groups in total. The maximum atomic E-state index is 11.8. The lowest BCUT2D eigenvalue weighted by Crippen LogP contribution is -2.49. The predicted octanol–water partition coefficient (Wildman–Crippen LogP) is 1.74. The topological polar surface area (TPSA) is 74.5 Å². The molecule has 8 heteroatoms. The summed E-state index contributed by atoms with van der Waals surface area (Å²) in [7, 11) is 5.40. The van der Waals surface area contributed by atoms with Crippen LogP contribution in [-0.4, -0.2) is 53.2 Å². The van der Waals surface area contributed by atoms with Crippen molar-refractivity contribution >= 4 is 35.8 Å². The van der Waals surface area contributed by atoms with Gasteiger partial charge in [-0.3, -0.25) is 9.48 Å². The van der Waals surface area contributed by atoms with E-state index in [4.69, 9.17) is 0 Å². The van der Waals surface area contributed by atoms with Crippen molar-refractivity contribution in [2.24, 2.45) is 18.0 Å². The first-order chi connectivity index (χ1) is 11.5. The van der Waals surface area contributed by atoms with Crippen molar-refractivity contribution in [3.05, 3.63) is 18.0 Å². The Morgan fingerprint density at radius 2 is 2.12 bits per heavy atom. The van der Waals surface area contributed by atoms with Crippen molar-refractivity contribution in [3.8, 4) is 0 Å². The number of aryl methyl sites for hydroxylation is 1. The molecule has 2 atom stereocenters. The Morgan fingerprint density at radius 3 is 2.72 bits per heavy atom. The van der Waals surface area contributed by atoms with Crippen molar-refractivity contribution in [1.29, 1.82) is 0 Å². The van der Waals surface area contributed by atoms with Crippen LogP contribution in [-0.2, 0) is 18.4 Å². The van der Waals surface area contributed by atoms with Gasteiger partial charge in [-0.25, -0.2) is 4.99 Å². The molecule has 1 amide bonds. The Bertz CT molecular complexity index is 571.